The van der Waals surface area contributed by atoms with Gasteiger partial charge < -0.3 is 4.74 Å². The van der Waals surface area contributed by atoms with Gasteiger partial charge in [0.1, 0.15) is 6.61 Å². The molecule has 3 aromatic rings. The highest BCUT2D eigenvalue weighted by molar-refractivity contribution is 7.15. The van der Waals surface area contributed by atoms with Gasteiger partial charge in [0, 0.05) is 17.8 Å². The lowest BCUT2D eigenvalue weighted by molar-refractivity contribution is 0.286. The fourth-order valence-corrected chi connectivity index (χ4v) is 2.44. The molecule has 0 saturated carbocycles. The standard InChI is InChI=1S/C13H11FN2OS/c1-9-2-3-11(14)12(6-9)17-8-10-7-16-4-5-18-13(16)15-10/h2-7H,8H2,1H3. The van der Waals surface area contributed by atoms with E-state index in [2.05, 4.69) is 4.98 Å². The van der Waals surface area contributed by atoms with Gasteiger partial charge in [0.25, 0.3) is 0 Å². The van der Waals surface area contributed by atoms with E-state index < -0.39 is 0 Å². The Morgan fingerprint density at radius 2 is 2.33 bits per heavy atom. The second kappa shape index (κ2) is 4.42. The van der Waals surface area contributed by atoms with Crippen molar-refractivity contribution < 1.29 is 9.13 Å². The molecule has 5 heteroatoms. The van der Waals surface area contributed by atoms with Crippen molar-refractivity contribution in [2.75, 3.05) is 0 Å². The smallest absolute Gasteiger partial charge is 0.193 e. The number of rotatable bonds is 3. The van der Waals surface area contributed by atoms with Crippen LogP contribution in [0.15, 0.2) is 36.0 Å². The highest BCUT2D eigenvalue weighted by Crippen LogP contribution is 2.20. The SMILES string of the molecule is Cc1ccc(F)c(OCc2cn3ccsc3n2)c1. The summed E-state index contributed by atoms with van der Waals surface area (Å²) in [7, 11) is 0. The van der Waals surface area contributed by atoms with Crippen LogP contribution in [0, 0.1) is 12.7 Å². The van der Waals surface area contributed by atoms with E-state index in [1.165, 1.54) is 6.07 Å². The molecule has 2 aromatic heterocycles. The number of aryl methyl sites for hydroxylation is 1. The van der Waals surface area contributed by atoms with Gasteiger partial charge in [-0.05, 0) is 24.6 Å². The molecule has 0 aliphatic rings. The van der Waals surface area contributed by atoms with Crippen molar-refractivity contribution in [2.45, 2.75) is 13.5 Å². The molecule has 0 saturated heterocycles. The Morgan fingerprint density at radius 1 is 1.44 bits per heavy atom. The summed E-state index contributed by atoms with van der Waals surface area (Å²) < 4.78 is 20.9. The van der Waals surface area contributed by atoms with E-state index in [4.69, 9.17) is 4.74 Å². The predicted molar refractivity (Wildman–Crippen MR) is 68.5 cm³/mol. The van der Waals surface area contributed by atoms with Crippen molar-refractivity contribution in [1.29, 1.82) is 0 Å². The molecule has 0 fully saturated rings. The van der Waals surface area contributed by atoms with Crippen LogP contribution >= 0.6 is 11.3 Å². The summed E-state index contributed by atoms with van der Waals surface area (Å²) in [6.07, 6.45) is 3.82. The number of aromatic nitrogens is 2. The number of ether oxygens (including phenoxy) is 1. The van der Waals surface area contributed by atoms with Crippen LogP contribution in [0.4, 0.5) is 4.39 Å². The number of imidazole rings is 1. The zero-order chi connectivity index (χ0) is 12.5. The van der Waals surface area contributed by atoms with Crippen LogP contribution < -0.4 is 4.74 Å². The molecule has 1 aromatic carbocycles. The molecule has 3 nitrogen and oxygen atoms in total. The number of benzene rings is 1. The van der Waals surface area contributed by atoms with Crippen molar-refractivity contribution in [3.05, 3.63) is 53.0 Å². The third-order valence-electron chi connectivity index (χ3n) is 2.61. The minimum Gasteiger partial charge on any atom is -0.484 e. The quantitative estimate of drug-likeness (QED) is 0.723. The third kappa shape index (κ3) is 2.09. The monoisotopic (exact) mass is 262 g/mol. The Bertz CT molecular complexity index is 661. The molecule has 2 heterocycles. The number of hydrogen-bond donors (Lipinski definition) is 0. The molecule has 18 heavy (non-hydrogen) atoms. The molecule has 0 unspecified atom stereocenters. The van der Waals surface area contributed by atoms with Crippen molar-refractivity contribution >= 4 is 16.3 Å². The van der Waals surface area contributed by atoms with E-state index in [1.807, 2.05) is 29.1 Å². The van der Waals surface area contributed by atoms with Gasteiger partial charge in [-0.2, -0.15) is 0 Å². The van der Waals surface area contributed by atoms with E-state index in [9.17, 15) is 4.39 Å². The largest absolute Gasteiger partial charge is 0.484 e. The summed E-state index contributed by atoms with van der Waals surface area (Å²) in [6, 6.07) is 4.82. The first-order valence-corrected chi connectivity index (χ1v) is 6.40. The summed E-state index contributed by atoms with van der Waals surface area (Å²) in [6.45, 7) is 2.17. The van der Waals surface area contributed by atoms with Gasteiger partial charge in [-0.1, -0.05) is 6.07 Å². The predicted octanol–water partition coefficient (Wildman–Crippen LogP) is 3.42. The fourth-order valence-electron chi connectivity index (χ4n) is 1.72. The Hall–Kier alpha value is -1.88. The van der Waals surface area contributed by atoms with Gasteiger partial charge in [-0.25, -0.2) is 9.37 Å². The van der Waals surface area contributed by atoms with Gasteiger partial charge in [0.05, 0.1) is 5.69 Å². The molecule has 0 N–H and O–H groups in total. The maximum absolute atomic E-state index is 13.5. The van der Waals surface area contributed by atoms with Gasteiger partial charge in [0.15, 0.2) is 16.5 Å². The average molecular weight is 262 g/mol. The molecular formula is C13H11FN2OS. The van der Waals surface area contributed by atoms with Crippen LogP contribution in [0.2, 0.25) is 0 Å². The average Bonchev–Trinajstić information content (AvgIpc) is 2.90. The summed E-state index contributed by atoms with van der Waals surface area (Å²) in [5.41, 5.74) is 1.76. The summed E-state index contributed by atoms with van der Waals surface area (Å²) >= 11 is 1.56. The lowest BCUT2D eigenvalue weighted by Crippen LogP contribution is -1.98. The first-order valence-electron chi connectivity index (χ1n) is 5.52. The maximum atomic E-state index is 13.5. The minimum absolute atomic E-state index is 0.270. The molecule has 0 aliphatic carbocycles. The van der Waals surface area contributed by atoms with Gasteiger partial charge in [-0.15, -0.1) is 11.3 Å². The van der Waals surface area contributed by atoms with E-state index >= 15 is 0 Å². The number of hydrogen-bond acceptors (Lipinski definition) is 3. The lowest BCUT2D eigenvalue weighted by atomic mass is 10.2. The molecule has 92 valence electrons. The van der Waals surface area contributed by atoms with Crippen LogP contribution in [0.25, 0.3) is 4.96 Å². The van der Waals surface area contributed by atoms with Crippen molar-refractivity contribution in [2.24, 2.45) is 0 Å². The van der Waals surface area contributed by atoms with Gasteiger partial charge in [-0.3, -0.25) is 4.40 Å². The minimum atomic E-state index is -0.346. The first-order chi connectivity index (χ1) is 8.72. The molecule has 0 aliphatic heterocycles. The number of thiazole rings is 1. The Balaban J connectivity index is 1.77. The van der Waals surface area contributed by atoms with Crippen LogP contribution in [0.3, 0.4) is 0 Å². The van der Waals surface area contributed by atoms with Crippen molar-refractivity contribution in [1.82, 2.24) is 9.38 Å². The lowest BCUT2D eigenvalue weighted by Gasteiger charge is -2.06. The zero-order valence-electron chi connectivity index (χ0n) is 9.76. The van der Waals surface area contributed by atoms with E-state index in [0.717, 1.165) is 16.2 Å². The zero-order valence-corrected chi connectivity index (χ0v) is 10.6. The number of fused-ring (bicyclic) bond motifs is 1. The summed E-state index contributed by atoms with van der Waals surface area (Å²) in [5, 5.41) is 1.97. The molecule has 0 spiro atoms. The fraction of sp³-hybridized carbons (Fsp3) is 0.154. The van der Waals surface area contributed by atoms with Crippen molar-refractivity contribution in [3.63, 3.8) is 0 Å². The first kappa shape index (κ1) is 11.2. The maximum Gasteiger partial charge on any atom is 0.193 e. The van der Waals surface area contributed by atoms with Crippen LogP contribution in [-0.2, 0) is 6.61 Å². The Labute approximate surface area is 107 Å². The molecule has 0 radical (unpaired) electrons. The molecule has 0 amide bonds. The summed E-state index contributed by atoms with van der Waals surface area (Å²) in [5.74, 6) is -0.0759. The van der Waals surface area contributed by atoms with Crippen molar-refractivity contribution in [3.8, 4) is 5.75 Å². The number of nitrogens with zero attached hydrogens (tertiary/aromatic N) is 2. The molecule has 3 rings (SSSR count). The highest BCUT2D eigenvalue weighted by Gasteiger charge is 2.06. The normalized spacial score (nSPS) is 11.0. The molecular weight excluding hydrogens is 251 g/mol. The summed E-state index contributed by atoms with van der Waals surface area (Å²) in [4.78, 5) is 5.29. The highest BCUT2D eigenvalue weighted by atomic mass is 32.1. The topological polar surface area (TPSA) is 26.5 Å². The van der Waals surface area contributed by atoms with Gasteiger partial charge in [0.2, 0.25) is 0 Å². The van der Waals surface area contributed by atoms with E-state index in [-0.39, 0.29) is 18.2 Å². The Kier molecular flexibility index (Phi) is 2.76. The third-order valence-corrected chi connectivity index (χ3v) is 3.38. The van der Waals surface area contributed by atoms with E-state index in [0.29, 0.717) is 0 Å². The molecule has 0 atom stereocenters. The van der Waals surface area contributed by atoms with Crippen LogP contribution in [0.1, 0.15) is 11.3 Å². The number of halogens is 1. The Morgan fingerprint density at radius 3 is 3.17 bits per heavy atom. The van der Waals surface area contributed by atoms with Gasteiger partial charge >= 0.3 is 0 Å². The molecule has 0 bridgehead atoms. The van der Waals surface area contributed by atoms with Crippen LogP contribution in [-0.4, -0.2) is 9.38 Å². The van der Waals surface area contributed by atoms with Crippen LogP contribution in [0.5, 0.6) is 5.75 Å². The second-order valence-corrected chi connectivity index (χ2v) is 4.92. The second-order valence-electron chi connectivity index (χ2n) is 4.05. The van der Waals surface area contributed by atoms with E-state index in [1.54, 1.807) is 23.5 Å².